The van der Waals surface area contributed by atoms with Crippen LogP contribution in [0.15, 0.2) is 66.7 Å². The van der Waals surface area contributed by atoms with Crippen LogP contribution in [0.5, 0.6) is 23.0 Å². The molecule has 3 aromatic rings. The predicted molar refractivity (Wildman–Crippen MR) is 147 cm³/mol. The summed E-state index contributed by atoms with van der Waals surface area (Å²) in [4.78, 5) is 23.5. The van der Waals surface area contributed by atoms with Crippen molar-refractivity contribution in [2.24, 2.45) is 0 Å². The zero-order valence-corrected chi connectivity index (χ0v) is 22.4. The Hall–Kier alpha value is -3.52. The highest BCUT2D eigenvalue weighted by Crippen LogP contribution is 2.44. The first-order chi connectivity index (χ1) is 18.4. The molecule has 1 unspecified atom stereocenters. The van der Waals surface area contributed by atoms with E-state index in [9.17, 15) is 9.59 Å². The molecule has 6 nitrogen and oxygen atoms in total. The summed E-state index contributed by atoms with van der Waals surface area (Å²) in [7, 11) is 0. The number of aryl methyl sites for hydroxylation is 2. The molecule has 3 aromatic carbocycles. The first kappa shape index (κ1) is 27.5. The molecule has 8 heteroatoms. The Bertz CT molecular complexity index is 1270. The normalized spacial score (nSPS) is 16.8. The highest BCUT2D eigenvalue weighted by Gasteiger charge is 2.50. The number of rotatable bonds is 13. The lowest BCUT2D eigenvalue weighted by atomic mass is 10.0. The van der Waals surface area contributed by atoms with Crippen molar-refractivity contribution < 1.29 is 28.2 Å². The third-order valence-corrected chi connectivity index (χ3v) is 7.02. The van der Waals surface area contributed by atoms with E-state index in [4.69, 9.17) is 14.2 Å². The van der Waals surface area contributed by atoms with Gasteiger partial charge in [-0.15, -0.1) is 0 Å². The Balaban J connectivity index is 1.33. The van der Waals surface area contributed by atoms with Crippen LogP contribution in [0.3, 0.4) is 0 Å². The maximum Gasteiger partial charge on any atom is 0.289 e. The minimum absolute atomic E-state index is 0.146. The summed E-state index contributed by atoms with van der Waals surface area (Å²) in [6.45, 7) is 5.04. The standard InChI is InChI=1S/C30H32FNO5S/c1-3-9-21-19-23(30(31)28(33)32-29(34)38-30)13-15-26(21)35-17-8-18-36-27-16-14-25(20-22(27)10-4-2)37-24-11-6-5-7-12-24/h5-7,11-16,19-20H,3-4,8-10,17-18H2,1-2H3,(H,32,33,34). The van der Waals surface area contributed by atoms with E-state index < -0.39 is 16.1 Å². The second-order valence-electron chi connectivity index (χ2n) is 9.00. The van der Waals surface area contributed by atoms with E-state index in [0.717, 1.165) is 47.6 Å². The SMILES string of the molecule is CCCc1cc(Oc2ccccc2)ccc1OCCCOc1ccc(C2(F)SC(=O)NC2=O)cc1CCC. The average molecular weight is 538 g/mol. The van der Waals surface area contributed by atoms with Crippen molar-refractivity contribution in [3.63, 3.8) is 0 Å². The van der Waals surface area contributed by atoms with Gasteiger partial charge in [-0.25, -0.2) is 4.39 Å². The minimum Gasteiger partial charge on any atom is -0.493 e. The van der Waals surface area contributed by atoms with Crippen molar-refractivity contribution >= 4 is 22.9 Å². The first-order valence-electron chi connectivity index (χ1n) is 12.9. The molecular weight excluding hydrogens is 505 g/mol. The van der Waals surface area contributed by atoms with Gasteiger partial charge in [0.1, 0.15) is 23.0 Å². The molecule has 1 saturated heterocycles. The van der Waals surface area contributed by atoms with Crippen LogP contribution in [0, 0.1) is 0 Å². The van der Waals surface area contributed by atoms with E-state index in [1.165, 1.54) is 6.07 Å². The monoisotopic (exact) mass is 537 g/mol. The molecule has 1 aliphatic heterocycles. The van der Waals surface area contributed by atoms with Gasteiger partial charge in [0.15, 0.2) is 0 Å². The fourth-order valence-corrected chi connectivity index (χ4v) is 5.01. The maximum absolute atomic E-state index is 15.2. The van der Waals surface area contributed by atoms with Gasteiger partial charge in [-0.1, -0.05) is 51.0 Å². The fourth-order valence-electron chi connectivity index (χ4n) is 4.22. The number of nitrogens with one attached hydrogen (secondary N) is 1. The van der Waals surface area contributed by atoms with Gasteiger partial charge in [0.05, 0.1) is 13.2 Å². The van der Waals surface area contributed by atoms with E-state index in [0.29, 0.717) is 43.6 Å². The zero-order valence-electron chi connectivity index (χ0n) is 21.6. The molecule has 0 spiro atoms. The number of carbonyl (C=O) groups excluding carboxylic acids is 2. The number of ether oxygens (including phenoxy) is 3. The quantitative estimate of drug-likeness (QED) is 0.230. The van der Waals surface area contributed by atoms with Crippen LogP contribution >= 0.6 is 11.8 Å². The molecule has 0 aromatic heterocycles. The molecule has 1 aliphatic rings. The summed E-state index contributed by atoms with van der Waals surface area (Å²) in [5.74, 6) is 2.09. The molecule has 4 rings (SSSR count). The fraction of sp³-hybridized carbons (Fsp3) is 0.333. The summed E-state index contributed by atoms with van der Waals surface area (Å²) in [5.41, 5.74) is 2.04. The third kappa shape index (κ3) is 6.67. The van der Waals surface area contributed by atoms with Crippen LogP contribution < -0.4 is 19.5 Å². The number of halogens is 1. The lowest BCUT2D eigenvalue weighted by Gasteiger charge is -2.18. The van der Waals surface area contributed by atoms with Crippen molar-refractivity contribution in [3.05, 3.63) is 83.4 Å². The Morgan fingerprint density at radius 1 is 0.816 bits per heavy atom. The molecule has 1 N–H and O–H groups in total. The Labute approximate surface area is 226 Å². The number of benzene rings is 3. The van der Waals surface area contributed by atoms with Gasteiger partial charge in [-0.05, 0) is 78.2 Å². The van der Waals surface area contributed by atoms with Crippen LogP contribution in [0.25, 0.3) is 0 Å². The largest absolute Gasteiger partial charge is 0.493 e. The van der Waals surface area contributed by atoms with Crippen molar-refractivity contribution in [2.45, 2.75) is 51.0 Å². The van der Waals surface area contributed by atoms with Crippen LogP contribution in [0.4, 0.5) is 9.18 Å². The van der Waals surface area contributed by atoms with Gasteiger partial charge in [0.2, 0.25) is 0 Å². The summed E-state index contributed by atoms with van der Waals surface area (Å²) in [6.07, 6.45) is 4.00. The van der Waals surface area contributed by atoms with Crippen molar-refractivity contribution in [2.75, 3.05) is 13.2 Å². The van der Waals surface area contributed by atoms with Gasteiger partial charge < -0.3 is 14.2 Å². The first-order valence-corrected chi connectivity index (χ1v) is 13.7. The van der Waals surface area contributed by atoms with Crippen LogP contribution in [0.2, 0.25) is 0 Å². The number of para-hydroxylation sites is 1. The summed E-state index contributed by atoms with van der Waals surface area (Å²) >= 11 is 0.358. The van der Waals surface area contributed by atoms with E-state index in [-0.39, 0.29) is 5.56 Å². The highest BCUT2D eigenvalue weighted by molar-refractivity contribution is 8.15. The molecule has 1 heterocycles. The Kier molecular flexibility index (Phi) is 9.29. The molecule has 2 amide bonds. The van der Waals surface area contributed by atoms with Gasteiger partial charge in [-0.3, -0.25) is 14.9 Å². The van der Waals surface area contributed by atoms with Crippen LogP contribution in [-0.2, 0) is 22.6 Å². The van der Waals surface area contributed by atoms with Crippen molar-refractivity contribution in [1.29, 1.82) is 0 Å². The summed E-state index contributed by atoms with van der Waals surface area (Å²) in [5, 5.41) is -1.08. The van der Waals surface area contributed by atoms with Gasteiger partial charge in [0.25, 0.3) is 16.1 Å². The Morgan fingerprint density at radius 3 is 2.05 bits per heavy atom. The second-order valence-corrected chi connectivity index (χ2v) is 10.1. The molecule has 1 atom stereocenters. The number of hydrogen-bond acceptors (Lipinski definition) is 6. The van der Waals surface area contributed by atoms with Crippen LogP contribution in [-0.4, -0.2) is 24.4 Å². The van der Waals surface area contributed by atoms with Gasteiger partial charge >= 0.3 is 0 Å². The van der Waals surface area contributed by atoms with E-state index in [1.807, 2.05) is 60.8 Å². The van der Waals surface area contributed by atoms with Crippen LogP contribution in [0.1, 0.15) is 49.8 Å². The third-order valence-electron chi connectivity index (χ3n) is 6.03. The van der Waals surface area contributed by atoms with E-state index in [2.05, 4.69) is 6.92 Å². The van der Waals surface area contributed by atoms with Crippen molar-refractivity contribution in [1.82, 2.24) is 5.32 Å². The minimum atomic E-state index is -2.41. The number of thioether (sulfide) groups is 1. The molecule has 1 fully saturated rings. The van der Waals surface area contributed by atoms with E-state index in [1.54, 1.807) is 12.1 Å². The summed E-state index contributed by atoms with van der Waals surface area (Å²) < 4.78 is 33.3. The molecule has 0 bridgehead atoms. The van der Waals surface area contributed by atoms with Crippen molar-refractivity contribution in [3.8, 4) is 23.0 Å². The smallest absolute Gasteiger partial charge is 0.289 e. The second kappa shape index (κ2) is 12.8. The van der Waals surface area contributed by atoms with E-state index >= 15 is 4.39 Å². The number of imide groups is 1. The lowest BCUT2D eigenvalue weighted by Crippen LogP contribution is -2.30. The molecule has 0 aliphatic carbocycles. The predicted octanol–water partition coefficient (Wildman–Crippen LogP) is 7.34. The number of amides is 2. The maximum atomic E-state index is 15.2. The average Bonchev–Trinajstić information content (AvgIpc) is 3.18. The zero-order chi connectivity index (χ0) is 27.0. The molecule has 0 radical (unpaired) electrons. The molecular formula is C30H32FNO5S. The summed E-state index contributed by atoms with van der Waals surface area (Å²) in [6, 6.07) is 20.3. The topological polar surface area (TPSA) is 73.9 Å². The molecule has 0 saturated carbocycles. The molecule has 200 valence electrons. The van der Waals surface area contributed by atoms with Gasteiger partial charge in [-0.2, -0.15) is 0 Å². The number of alkyl halides is 1. The Morgan fingerprint density at radius 2 is 1.45 bits per heavy atom. The van der Waals surface area contributed by atoms with Gasteiger partial charge in [0, 0.05) is 12.0 Å². The highest BCUT2D eigenvalue weighted by atomic mass is 32.2. The number of carbonyl (C=O) groups is 2. The number of hydrogen-bond donors (Lipinski definition) is 1. The lowest BCUT2D eigenvalue weighted by molar-refractivity contribution is -0.126. The molecule has 38 heavy (non-hydrogen) atoms.